The number of methoxy groups -OCH3 is 1. The van der Waals surface area contributed by atoms with Crippen molar-refractivity contribution < 1.29 is 85.7 Å². The normalized spacial score (nSPS) is 31.0. The predicted octanol–water partition coefficient (Wildman–Crippen LogP) is -0.747. The first-order valence-corrected chi connectivity index (χ1v) is 13.7. The molecule has 2 heterocycles. The van der Waals surface area contributed by atoms with Gasteiger partial charge in [0, 0.05) is 55.6 Å². The van der Waals surface area contributed by atoms with Crippen LogP contribution in [0.3, 0.4) is 0 Å². The summed E-state index contributed by atoms with van der Waals surface area (Å²) in [5, 5.41) is 0. The molecule has 0 unspecified atom stereocenters. The van der Waals surface area contributed by atoms with Gasteiger partial charge in [-0.05, 0) is 0 Å². The van der Waals surface area contributed by atoms with E-state index < -0.39 is 116 Å². The van der Waals surface area contributed by atoms with E-state index in [1.54, 1.807) is 0 Å². The minimum atomic E-state index is -1.61. The largest absolute Gasteiger partial charge is 0.463 e. The predicted molar refractivity (Wildman–Crippen MR) is 140 cm³/mol. The summed E-state index contributed by atoms with van der Waals surface area (Å²) in [5.74, 6) is -5.67. The van der Waals surface area contributed by atoms with Gasteiger partial charge in [-0.2, -0.15) is 0 Å². The van der Waals surface area contributed by atoms with Gasteiger partial charge in [0.1, 0.15) is 18.8 Å². The summed E-state index contributed by atoms with van der Waals surface area (Å²) in [6.45, 7) is 6.49. The van der Waals surface area contributed by atoms with Crippen LogP contribution in [0.5, 0.6) is 0 Å². The van der Waals surface area contributed by atoms with Crippen LogP contribution < -0.4 is 0 Å². The molecule has 10 atom stereocenters. The molecule has 2 aliphatic rings. The van der Waals surface area contributed by atoms with Gasteiger partial charge in [-0.1, -0.05) is 0 Å². The monoisotopic (exact) mass is 650 g/mol. The molecule has 18 heteroatoms. The third kappa shape index (κ3) is 11.2. The van der Waals surface area contributed by atoms with E-state index in [4.69, 9.17) is 52.1 Å². The van der Waals surface area contributed by atoms with Crippen LogP contribution in [0.15, 0.2) is 0 Å². The Kier molecular flexibility index (Phi) is 14.1. The number of carbonyl (C=O) groups is 7. The Hall–Kier alpha value is -3.87. The fourth-order valence-corrected chi connectivity index (χ4v) is 4.69. The van der Waals surface area contributed by atoms with Gasteiger partial charge in [-0.15, -0.1) is 0 Å². The fraction of sp³-hybridized carbons (Fsp3) is 0.741. The zero-order chi connectivity index (χ0) is 34.0. The van der Waals surface area contributed by atoms with Crippen LogP contribution in [-0.4, -0.2) is 124 Å². The summed E-state index contributed by atoms with van der Waals surface area (Å²) >= 11 is 0. The first-order valence-electron chi connectivity index (χ1n) is 13.7. The molecule has 2 saturated heterocycles. The molecule has 18 nitrogen and oxygen atoms in total. The highest BCUT2D eigenvalue weighted by Gasteiger charge is 2.55. The van der Waals surface area contributed by atoms with Gasteiger partial charge >= 0.3 is 41.8 Å². The van der Waals surface area contributed by atoms with E-state index in [0.29, 0.717) is 0 Å². The van der Waals surface area contributed by atoms with E-state index in [0.717, 1.165) is 48.5 Å². The van der Waals surface area contributed by atoms with Crippen molar-refractivity contribution in [1.82, 2.24) is 0 Å². The third-order valence-electron chi connectivity index (χ3n) is 6.10. The first kappa shape index (κ1) is 37.3. The Morgan fingerprint density at radius 2 is 0.778 bits per heavy atom. The van der Waals surface area contributed by atoms with Crippen molar-refractivity contribution >= 4 is 41.8 Å². The zero-order valence-electron chi connectivity index (χ0n) is 26.0. The standard InChI is InChI=1S/C27H38O18/c1-11(28)36-9-18-20(38-12(2)29)23(41-15(5)32)25(43-17(7)34)27(45-18)37-10-19-21(39-13(3)30)22(40-14(4)31)24(42-16(6)33)26(35-8)44-19/h18-27H,9-10H2,1-8H3/t18-,19-,20+,21+,22+,23+,24-,25-,26-,27-/m1/s1. The third-order valence-corrected chi connectivity index (χ3v) is 6.10. The summed E-state index contributed by atoms with van der Waals surface area (Å²) in [6, 6.07) is 0. The molecular weight excluding hydrogens is 612 g/mol. The van der Waals surface area contributed by atoms with E-state index >= 15 is 0 Å². The lowest BCUT2D eigenvalue weighted by atomic mass is 9.97. The maximum atomic E-state index is 12.1. The highest BCUT2D eigenvalue weighted by molar-refractivity contribution is 5.69. The molecule has 0 bridgehead atoms. The minimum absolute atomic E-state index is 0.502. The minimum Gasteiger partial charge on any atom is -0.463 e. The molecule has 2 aliphatic heterocycles. The molecule has 0 radical (unpaired) electrons. The molecule has 0 saturated carbocycles. The highest BCUT2D eigenvalue weighted by atomic mass is 16.8. The maximum Gasteiger partial charge on any atom is 0.303 e. The van der Waals surface area contributed by atoms with Gasteiger partial charge in [0.2, 0.25) is 0 Å². The van der Waals surface area contributed by atoms with E-state index in [1.165, 1.54) is 7.11 Å². The molecule has 45 heavy (non-hydrogen) atoms. The lowest BCUT2D eigenvalue weighted by molar-refractivity contribution is -0.332. The molecule has 2 fully saturated rings. The highest BCUT2D eigenvalue weighted by Crippen LogP contribution is 2.33. The Labute approximate surface area is 258 Å². The molecule has 2 rings (SSSR count). The molecule has 0 aromatic carbocycles. The number of carbonyl (C=O) groups excluding carboxylic acids is 7. The van der Waals surface area contributed by atoms with E-state index in [2.05, 4.69) is 0 Å². The summed E-state index contributed by atoms with van der Waals surface area (Å²) < 4.78 is 60.1. The Balaban J connectivity index is 2.51. The van der Waals surface area contributed by atoms with Gasteiger partial charge in [0.25, 0.3) is 0 Å². The molecule has 0 aromatic heterocycles. The average molecular weight is 651 g/mol. The Bertz CT molecular complexity index is 1110. The average Bonchev–Trinajstić information content (AvgIpc) is 2.90. The van der Waals surface area contributed by atoms with E-state index in [1.807, 2.05) is 0 Å². The summed E-state index contributed by atoms with van der Waals surface area (Å²) in [5.41, 5.74) is 0. The first-order chi connectivity index (χ1) is 21.0. The molecule has 0 aliphatic carbocycles. The van der Waals surface area contributed by atoms with Crippen molar-refractivity contribution in [2.24, 2.45) is 0 Å². The number of ether oxygens (including phenoxy) is 11. The molecule has 0 spiro atoms. The fourth-order valence-electron chi connectivity index (χ4n) is 4.69. The van der Waals surface area contributed by atoms with Crippen LogP contribution >= 0.6 is 0 Å². The number of hydrogen-bond acceptors (Lipinski definition) is 18. The van der Waals surface area contributed by atoms with Crippen LogP contribution in [0.25, 0.3) is 0 Å². The second kappa shape index (κ2) is 17.0. The van der Waals surface area contributed by atoms with Crippen molar-refractivity contribution in [3.63, 3.8) is 0 Å². The number of rotatable bonds is 12. The van der Waals surface area contributed by atoms with Crippen molar-refractivity contribution in [3.05, 3.63) is 0 Å². The van der Waals surface area contributed by atoms with Crippen molar-refractivity contribution in [2.75, 3.05) is 20.3 Å². The van der Waals surface area contributed by atoms with Crippen molar-refractivity contribution in [1.29, 1.82) is 0 Å². The second-order valence-electron chi connectivity index (χ2n) is 9.90. The van der Waals surface area contributed by atoms with Crippen LogP contribution in [0.4, 0.5) is 0 Å². The SMILES string of the molecule is CO[C@@H]1O[C@H](CO[C@@H]2O[C@H](COC(C)=O)[C@H](OC(C)=O)[C@H](OC(C)=O)[C@H]2OC(C)=O)[C@H](OC(C)=O)[C@H](OC(C)=O)[C@H]1OC(C)=O. The number of esters is 7. The zero-order valence-corrected chi connectivity index (χ0v) is 26.0. The van der Waals surface area contributed by atoms with Gasteiger partial charge in [0.15, 0.2) is 49.2 Å². The molecule has 254 valence electrons. The smallest absolute Gasteiger partial charge is 0.303 e. The molecule has 0 aromatic rings. The van der Waals surface area contributed by atoms with Crippen LogP contribution in [-0.2, 0) is 85.7 Å². The lowest BCUT2D eigenvalue weighted by Gasteiger charge is -2.46. The maximum absolute atomic E-state index is 12.1. The Morgan fingerprint density at radius 3 is 1.16 bits per heavy atom. The van der Waals surface area contributed by atoms with Crippen molar-refractivity contribution in [2.45, 2.75) is 110 Å². The van der Waals surface area contributed by atoms with Crippen molar-refractivity contribution in [3.8, 4) is 0 Å². The molecule has 0 N–H and O–H groups in total. The van der Waals surface area contributed by atoms with E-state index in [-0.39, 0.29) is 0 Å². The van der Waals surface area contributed by atoms with Crippen LogP contribution in [0.1, 0.15) is 48.5 Å². The molecular formula is C27H38O18. The topological polar surface area (TPSA) is 221 Å². The van der Waals surface area contributed by atoms with Gasteiger partial charge < -0.3 is 52.1 Å². The van der Waals surface area contributed by atoms with E-state index in [9.17, 15) is 33.6 Å². The second-order valence-corrected chi connectivity index (χ2v) is 9.90. The summed E-state index contributed by atoms with van der Waals surface area (Å²) in [4.78, 5) is 83.6. The summed E-state index contributed by atoms with van der Waals surface area (Å²) in [7, 11) is 1.22. The quantitative estimate of drug-likeness (QED) is 0.187. The van der Waals surface area contributed by atoms with Crippen LogP contribution in [0, 0.1) is 0 Å². The van der Waals surface area contributed by atoms with Crippen LogP contribution in [0.2, 0.25) is 0 Å². The van der Waals surface area contributed by atoms with Gasteiger partial charge in [-0.3, -0.25) is 33.6 Å². The summed E-state index contributed by atoms with van der Waals surface area (Å²) in [6.07, 6.45) is -14.3. The number of hydrogen-bond donors (Lipinski definition) is 0. The van der Waals surface area contributed by atoms with Gasteiger partial charge in [0.05, 0.1) is 6.61 Å². The van der Waals surface area contributed by atoms with Gasteiger partial charge in [-0.25, -0.2) is 0 Å². The molecule has 0 amide bonds. The Morgan fingerprint density at radius 1 is 0.444 bits per heavy atom. The lowest BCUT2D eigenvalue weighted by Crippen LogP contribution is -2.65.